The summed E-state index contributed by atoms with van der Waals surface area (Å²) in [5, 5.41) is 2.87. The Morgan fingerprint density at radius 1 is 1.11 bits per heavy atom. The Hall–Kier alpha value is -1.44. The van der Waals surface area contributed by atoms with E-state index in [-0.39, 0.29) is 10.8 Å². The summed E-state index contributed by atoms with van der Waals surface area (Å²) >= 11 is 0. The topological polar surface area (TPSA) is 69.7 Å². The molecule has 6 nitrogen and oxygen atoms in total. The van der Waals surface area contributed by atoms with Crippen molar-refractivity contribution in [1.29, 1.82) is 0 Å². The fraction of sp³-hybridized carbons (Fsp3) is 0.650. The largest absolute Gasteiger partial charge is 0.325 e. The molecule has 27 heavy (non-hydrogen) atoms. The maximum absolute atomic E-state index is 12.7. The molecule has 150 valence electrons. The molecule has 0 aromatic heterocycles. The smallest absolute Gasteiger partial charge is 0.243 e. The molecule has 2 fully saturated rings. The summed E-state index contributed by atoms with van der Waals surface area (Å²) in [6, 6.07) is 7.05. The van der Waals surface area contributed by atoms with Crippen molar-refractivity contribution < 1.29 is 13.2 Å². The maximum atomic E-state index is 12.7. The van der Waals surface area contributed by atoms with Gasteiger partial charge in [0.1, 0.15) is 0 Å². The van der Waals surface area contributed by atoms with Gasteiger partial charge in [0, 0.05) is 24.8 Å². The number of nitrogens with one attached hydrogen (secondary N) is 1. The lowest BCUT2D eigenvalue weighted by atomic mass is 10.1. The van der Waals surface area contributed by atoms with E-state index in [1.54, 1.807) is 24.3 Å². The molecule has 0 spiro atoms. The van der Waals surface area contributed by atoms with Gasteiger partial charge in [-0.1, -0.05) is 31.7 Å². The van der Waals surface area contributed by atoms with Crippen LogP contribution in [0.3, 0.4) is 0 Å². The van der Waals surface area contributed by atoms with Gasteiger partial charge in [-0.2, -0.15) is 4.31 Å². The summed E-state index contributed by atoms with van der Waals surface area (Å²) in [5.41, 5.74) is 0.537. The van der Waals surface area contributed by atoms with Gasteiger partial charge < -0.3 is 5.32 Å². The van der Waals surface area contributed by atoms with Crippen LogP contribution in [-0.4, -0.2) is 56.3 Å². The molecule has 3 rings (SSSR count). The van der Waals surface area contributed by atoms with Crippen molar-refractivity contribution in [2.24, 2.45) is 0 Å². The zero-order chi connectivity index (χ0) is 19.3. The lowest BCUT2D eigenvalue weighted by molar-refractivity contribution is -0.117. The molecule has 1 aliphatic carbocycles. The zero-order valence-electron chi connectivity index (χ0n) is 16.2. The molecule has 1 heterocycles. The van der Waals surface area contributed by atoms with Crippen LogP contribution in [-0.2, 0) is 14.8 Å². The number of carbonyl (C=O) groups excluding carboxylic acids is 1. The number of hydrogen-bond donors (Lipinski definition) is 1. The number of rotatable bonds is 6. The first-order valence-electron chi connectivity index (χ1n) is 10.1. The molecule has 0 unspecified atom stereocenters. The van der Waals surface area contributed by atoms with Gasteiger partial charge in [-0.15, -0.1) is 0 Å². The Kier molecular flexibility index (Phi) is 6.89. The molecule has 2 aliphatic rings. The highest BCUT2D eigenvalue weighted by Crippen LogP contribution is 2.24. The third kappa shape index (κ3) is 5.30. The van der Waals surface area contributed by atoms with Crippen molar-refractivity contribution in [3.8, 4) is 0 Å². The van der Waals surface area contributed by atoms with Crippen LogP contribution in [0.2, 0.25) is 0 Å². The first-order chi connectivity index (χ1) is 13.0. The van der Waals surface area contributed by atoms with Crippen molar-refractivity contribution in [1.82, 2.24) is 9.21 Å². The summed E-state index contributed by atoms with van der Waals surface area (Å²) in [4.78, 5) is 14.8. The summed E-state index contributed by atoms with van der Waals surface area (Å²) in [6.07, 6.45) is 9.14. The molecule has 0 atom stereocenters. The molecule has 1 aliphatic heterocycles. The quantitative estimate of drug-likeness (QED) is 0.754. The Morgan fingerprint density at radius 2 is 1.78 bits per heavy atom. The van der Waals surface area contributed by atoms with E-state index in [4.69, 9.17) is 0 Å². The van der Waals surface area contributed by atoms with E-state index in [0.717, 1.165) is 25.7 Å². The Bertz CT molecular complexity index is 737. The zero-order valence-corrected chi connectivity index (χ0v) is 17.0. The molecule has 1 N–H and O–H groups in total. The van der Waals surface area contributed by atoms with E-state index in [1.165, 1.54) is 30.0 Å². The summed E-state index contributed by atoms with van der Waals surface area (Å²) in [6.45, 7) is 1.48. The second-order valence-electron chi connectivity index (χ2n) is 7.75. The highest BCUT2D eigenvalue weighted by molar-refractivity contribution is 7.89. The average Bonchev–Trinajstić information content (AvgIpc) is 3.05. The molecule has 1 aromatic rings. The number of nitrogens with zero attached hydrogens (tertiary/aromatic N) is 2. The number of anilines is 1. The van der Waals surface area contributed by atoms with Crippen LogP contribution in [0, 0.1) is 0 Å². The number of likely N-dealkylation sites (N-methyl/N-ethyl adjacent to an activating group) is 1. The van der Waals surface area contributed by atoms with E-state index in [2.05, 4.69) is 10.2 Å². The van der Waals surface area contributed by atoms with Gasteiger partial charge >= 0.3 is 0 Å². The van der Waals surface area contributed by atoms with Crippen molar-refractivity contribution in [3.63, 3.8) is 0 Å². The van der Waals surface area contributed by atoms with Gasteiger partial charge in [-0.05, 0) is 50.9 Å². The highest BCUT2D eigenvalue weighted by atomic mass is 32.2. The van der Waals surface area contributed by atoms with Gasteiger partial charge in [0.25, 0.3) is 0 Å². The van der Waals surface area contributed by atoms with E-state index in [0.29, 0.717) is 31.4 Å². The molecule has 0 bridgehead atoms. The van der Waals surface area contributed by atoms with Crippen LogP contribution in [0.4, 0.5) is 5.69 Å². The summed E-state index contributed by atoms with van der Waals surface area (Å²) < 4.78 is 26.9. The van der Waals surface area contributed by atoms with Crippen LogP contribution >= 0.6 is 0 Å². The average molecular weight is 394 g/mol. The van der Waals surface area contributed by atoms with E-state index < -0.39 is 10.0 Å². The lowest BCUT2D eigenvalue weighted by Gasteiger charge is -2.26. The lowest BCUT2D eigenvalue weighted by Crippen LogP contribution is -2.37. The molecule has 7 heteroatoms. The normalized spacial score (nSPS) is 19.9. The van der Waals surface area contributed by atoms with Crippen LogP contribution in [0.15, 0.2) is 29.2 Å². The second-order valence-corrected chi connectivity index (χ2v) is 9.69. The highest BCUT2D eigenvalue weighted by Gasteiger charge is 2.27. The fourth-order valence-corrected chi connectivity index (χ4v) is 5.63. The van der Waals surface area contributed by atoms with E-state index in [1.807, 2.05) is 7.05 Å². The first kappa shape index (κ1) is 20.3. The predicted octanol–water partition coefficient (Wildman–Crippen LogP) is 3.06. The second kappa shape index (κ2) is 9.17. The molecular weight excluding hydrogens is 362 g/mol. The minimum absolute atomic E-state index is 0.0996. The van der Waals surface area contributed by atoms with E-state index >= 15 is 0 Å². The van der Waals surface area contributed by atoms with Crippen LogP contribution in [0.25, 0.3) is 0 Å². The van der Waals surface area contributed by atoms with Gasteiger partial charge in [-0.25, -0.2) is 8.42 Å². The first-order valence-corrected chi connectivity index (χ1v) is 11.5. The number of sulfonamides is 1. The summed E-state index contributed by atoms with van der Waals surface area (Å²) in [5.74, 6) is -0.0996. The van der Waals surface area contributed by atoms with Gasteiger partial charge in [-0.3, -0.25) is 9.69 Å². The standard InChI is InChI=1S/C20H31N3O3S/c1-22(18-10-4-2-3-5-11-18)16-20(24)21-17-9-8-12-19(15-17)27(25,26)23-13-6-7-14-23/h8-9,12,15,18H,2-7,10-11,13-14,16H2,1H3,(H,21,24). The van der Waals surface area contributed by atoms with E-state index in [9.17, 15) is 13.2 Å². The molecule has 1 aromatic carbocycles. The Balaban J connectivity index is 1.61. The third-order valence-corrected chi connectivity index (χ3v) is 7.56. The van der Waals surface area contributed by atoms with Gasteiger partial charge in [0.15, 0.2) is 0 Å². The number of carbonyl (C=O) groups is 1. The summed E-state index contributed by atoms with van der Waals surface area (Å²) in [7, 11) is -1.47. The van der Waals surface area contributed by atoms with Crippen LogP contribution < -0.4 is 5.32 Å². The molecule has 1 amide bonds. The maximum Gasteiger partial charge on any atom is 0.243 e. The molecule has 0 radical (unpaired) electrons. The fourth-order valence-electron chi connectivity index (χ4n) is 4.07. The minimum Gasteiger partial charge on any atom is -0.325 e. The van der Waals surface area contributed by atoms with Gasteiger partial charge in [0.2, 0.25) is 15.9 Å². The Labute approximate surface area is 163 Å². The molecular formula is C20H31N3O3S. The Morgan fingerprint density at radius 3 is 2.44 bits per heavy atom. The van der Waals surface area contributed by atoms with Crippen molar-refractivity contribution >= 4 is 21.6 Å². The number of hydrogen-bond acceptors (Lipinski definition) is 4. The van der Waals surface area contributed by atoms with Crippen molar-refractivity contribution in [2.75, 3.05) is 32.0 Å². The van der Waals surface area contributed by atoms with Crippen molar-refractivity contribution in [2.45, 2.75) is 62.3 Å². The van der Waals surface area contributed by atoms with Crippen LogP contribution in [0.1, 0.15) is 51.4 Å². The third-order valence-electron chi connectivity index (χ3n) is 5.66. The van der Waals surface area contributed by atoms with Crippen molar-refractivity contribution in [3.05, 3.63) is 24.3 Å². The predicted molar refractivity (Wildman–Crippen MR) is 107 cm³/mol. The molecule has 1 saturated heterocycles. The monoisotopic (exact) mass is 393 g/mol. The minimum atomic E-state index is -3.47. The van der Waals surface area contributed by atoms with Crippen LogP contribution in [0.5, 0.6) is 0 Å². The molecule has 1 saturated carbocycles. The van der Waals surface area contributed by atoms with Gasteiger partial charge in [0.05, 0.1) is 11.4 Å². The number of amides is 1. The number of benzene rings is 1. The SMILES string of the molecule is CN(CC(=O)Nc1cccc(S(=O)(=O)N2CCCC2)c1)C1CCCCCC1.